The molecule has 5 aromatic carbocycles. The molecular weight excluding hydrogens is 438 g/mol. The molecule has 7 rings (SSSR count). The van der Waals surface area contributed by atoms with E-state index in [0.29, 0.717) is 0 Å². The van der Waals surface area contributed by atoms with E-state index in [2.05, 4.69) is 144 Å². The van der Waals surface area contributed by atoms with E-state index in [-0.39, 0.29) is 0 Å². The van der Waals surface area contributed by atoms with Gasteiger partial charge < -0.3 is 15.2 Å². The summed E-state index contributed by atoms with van der Waals surface area (Å²) in [6.45, 7) is 6.14. The molecule has 36 heavy (non-hydrogen) atoms. The number of nitrogens with zero attached hydrogens (tertiary/aromatic N) is 1. The number of aromatic amines is 1. The molecule has 1 aromatic heterocycles. The van der Waals surface area contributed by atoms with Crippen molar-refractivity contribution in [3.8, 4) is 0 Å². The normalized spacial score (nSPS) is 12.5. The van der Waals surface area contributed by atoms with Gasteiger partial charge >= 0.3 is 0 Å². The Labute approximate surface area is 210 Å². The molecule has 0 fully saturated rings. The van der Waals surface area contributed by atoms with Crippen LogP contribution in [0.15, 0.2) is 115 Å². The molecule has 3 heteroatoms. The van der Waals surface area contributed by atoms with Crippen LogP contribution in [0.1, 0.15) is 6.92 Å². The van der Waals surface area contributed by atoms with Crippen LogP contribution in [0.25, 0.3) is 34.5 Å². The molecule has 0 amide bonds. The predicted octanol–water partition coefficient (Wildman–Crippen LogP) is 7.75. The minimum atomic E-state index is 1.08. The van der Waals surface area contributed by atoms with E-state index in [1.165, 1.54) is 44.1 Å². The second kappa shape index (κ2) is 9.12. The summed E-state index contributed by atoms with van der Waals surface area (Å²) >= 11 is 0. The first-order chi connectivity index (χ1) is 17.7. The van der Waals surface area contributed by atoms with Crippen molar-refractivity contribution in [1.82, 2.24) is 4.98 Å². The molecule has 2 N–H and O–H groups in total. The molecule has 174 valence electrons. The minimum absolute atomic E-state index is 1.08. The van der Waals surface area contributed by atoms with Crippen molar-refractivity contribution in [1.29, 1.82) is 0 Å². The number of rotatable bonds is 1. The summed E-state index contributed by atoms with van der Waals surface area (Å²) in [7, 11) is 0. The molecule has 1 aliphatic rings. The van der Waals surface area contributed by atoms with Crippen LogP contribution in [0, 0.1) is 0 Å². The lowest BCUT2D eigenvalue weighted by Gasteiger charge is -2.33. The van der Waals surface area contributed by atoms with Crippen LogP contribution < -0.4 is 20.7 Å². The Hall–Kier alpha value is -4.76. The van der Waals surface area contributed by atoms with Gasteiger partial charge in [-0.05, 0) is 65.9 Å². The zero-order valence-electron chi connectivity index (χ0n) is 20.2. The second-order valence-electron chi connectivity index (χ2n) is 8.85. The predicted molar refractivity (Wildman–Crippen MR) is 155 cm³/mol. The van der Waals surface area contributed by atoms with Gasteiger partial charge in [-0.2, -0.15) is 0 Å². The van der Waals surface area contributed by atoms with Gasteiger partial charge in [-0.25, -0.2) is 0 Å². The van der Waals surface area contributed by atoms with Crippen LogP contribution in [-0.2, 0) is 0 Å². The third-order valence-corrected chi connectivity index (χ3v) is 6.66. The molecule has 0 radical (unpaired) electrons. The Morgan fingerprint density at radius 1 is 0.639 bits per heavy atom. The molecule has 0 saturated carbocycles. The van der Waals surface area contributed by atoms with Crippen LogP contribution in [0.5, 0.6) is 0 Å². The molecule has 0 unspecified atom stereocenters. The number of H-pyrrole nitrogens is 1. The standard InChI is InChI=1S/C18H14N2.C15H13N/c1-2-8-14(9-3-1)20-17-12-6-4-10-15(17)19-16-11-5-7-13-18(16)20;1-3-11-10(2)8-9-14-15(11)12-6-4-5-7-13(12)16-14/h1-13,19H;3-9,16H,2H2,1H3/b;11-3+. The number of para-hydroxylation sites is 6. The first-order valence-corrected chi connectivity index (χ1v) is 12.2. The molecule has 2 heterocycles. The maximum atomic E-state index is 4.08. The molecule has 3 nitrogen and oxygen atoms in total. The van der Waals surface area contributed by atoms with Crippen LogP contribution in [0.4, 0.5) is 28.4 Å². The van der Waals surface area contributed by atoms with Crippen LogP contribution >= 0.6 is 0 Å². The van der Waals surface area contributed by atoms with E-state index in [1.807, 2.05) is 6.07 Å². The fourth-order valence-corrected chi connectivity index (χ4v) is 5.02. The lowest BCUT2D eigenvalue weighted by atomic mass is 10.1. The molecule has 0 aliphatic carbocycles. The third kappa shape index (κ3) is 3.71. The van der Waals surface area contributed by atoms with Crippen molar-refractivity contribution in [2.75, 3.05) is 10.2 Å². The molecule has 6 aromatic rings. The topological polar surface area (TPSA) is 31.1 Å². The lowest BCUT2D eigenvalue weighted by Crippen LogP contribution is -2.22. The summed E-state index contributed by atoms with van der Waals surface area (Å²) in [6, 6.07) is 39.8. The van der Waals surface area contributed by atoms with E-state index >= 15 is 0 Å². The van der Waals surface area contributed by atoms with Crippen molar-refractivity contribution >= 4 is 62.9 Å². The summed E-state index contributed by atoms with van der Waals surface area (Å²) < 4.78 is 0. The summed E-state index contributed by atoms with van der Waals surface area (Å²) in [5.74, 6) is 0. The van der Waals surface area contributed by atoms with Gasteiger partial charge in [-0.1, -0.05) is 79.4 Å². The van der Waals surface area contributed by atoms with Crippen LogP contribution in [0.2, 0.25) is 0 Å². The van der Waals surface area contributed by atoms with Crippen molar-refractivity contribution in [3.63, 3.8) is 0 Å². The Kier molecular flexibility index (Phi) is 5.51. The first-order valence-electron chi connectivity index (χ1n) is 12.2. The Bertz CT molecular complexity index is 1750. The van der Waals surface area contributed by atoms with Gasteiger partial charge in [0, 0.05) is 27.5 Å². The zero-order chi connectivity index (χ0) is 24.5. The Balaban J connectivity index is 0.000000137. The smallest absolute Gasteiger partial charge is 0.0697 e. The maximum Gasteiger partial charge on any atom is 0.0697 e. The van der Waals surface area contributed by atoms with Gasteiger partial charge in [-0.15, -0.1) is 0 Å². The summed E-state index contributed by atoms with van der Waals surface area (Å²) in [5, 5.41) is 8.37. The van der Waals surface area contributed by atoms with E-state index in [4.69, 9.17) is 0 Å². The molecule has 0 atom stereocenters. The van der Waals surface area contributed by atoms with E-state index < -0.39 is 0 Å². The first kappa shape index (κ1) is 21.8. The number of nitrogens with one attached hydrogen (secondary N) is 2. The number of anilines is 5. The fraction of sp³-hybridized carbons (Fsp3) is 0.0303. The number of hydrogen-bond acceptors (Lipinski definition) is 2. The van der Waals surface area contributed by atoms with Crippen molar-refractivity contribution < 1.29 is 0 Å². The van der Waals surface area contributed by atoms with Crippen molar-refractivity contribution in [2.24, 2.45) is 0 Å². The lowest BCUT2D eigenvalue weighted by molar-refractivity contribution is 1.25. The summed E-state index contributed by atoms with van der Waals surface area (Å²) in [6.07, 6.45) is 2.13. The monoisotopic (exact) mass is 465 g/mol. The molecule has 1 aliphatic heterocycles. The Morgan fingerprint density at radius 2 is 1.25 bits per heavy atom. The maximum absolute atomic E-state index is 4.08. The third-order valence-electron chi connectivity index (χ3n) is 6.66. The molecular formula is C33H27N3. The van der Waals surface area contributed by atoms with E-state index in [9.17, 15) is 0 Å². The van der Waals surface area contributed by atoms with Crippen LogP contribution in [-0.4, -0.2) is 4.98 Å². The average molecular weight is 466 g/mol. The Morgan fingerprint density at radius 3 is 1.94 bits per heavy atom. The number of hydrogen-bond donors (Lipinski definition) is 2. The number of fused-ring (bicyclic) bond motifs is 5. The van der Waals surface area contributed by atoms with Gasteiger partial charge in [0.15, 0.2) is 0 Å². The summed E-state index contributed by atoms with van der Waals surface area (Å²) in [4.78, 5) is 5.72. The van der Waals surface area contributed by atoms with Gasteiger partial charge in [-0.3, -0.25) is 0 Å². The van der Waals surface area contributed by atoms with E-state index in [0.717, 1.165) is 16.6 Å². The quantitative estimate of drug-likeness (QED) is 0.260. The molecule has 0 spiro atoms. The largest absolute Gasteiger partial charge is 0.354 e. The minimum Gasteiger partial charge on any atom is -0.354 e. The van der Waals surface area contributed by atoms with Gasteiger partial charge in [0.25, 0.3) is 0 Å². The number of aromatic nitrogens is 1. The fourth-order valence-electron chi connectivity index (χ4n) is 5.02. The highest BCUT2D eigenvalue weighted by Crippen LogP contribution is 2.47. The molecule has 0 saturated heterocycles. The van der Waals surface area contributed by atoms with Crippen molar-refractivity contribution in [3.05, 3.63) is 126 Å². The van der Waals surface area contributed by atoms with Gasteiger partial charge in [0.05, 0.1) is 22.7 Å². The highest BCUT2D eigenvalue weighted by Gasteiger charge is 2.22. The zero-order valence-corrected chi connectivity index (χ0v) is 20.2. The van der Waals surface area contributed by atoms with Crippen molar-refractivity contribution in [2.45, 2.75) is 6.92 Å². The number of benzene rings is 5. The molecule has 0 bridgehead atoms. The summed E-state index contributed by atoms with van der Waals surface area (Å²) in [5.41, 5.74) is 8.17. The van der Waals surface area contributed by atoms with Gasteiger partial charge in [0.2, 0.25) is 0 Å². The van der Waals surface area contributed by atoms with E-state index in [1.54, 1.807) is 0 Å². The SMILES string of the molecule is C=c1ccc2[nH]c3ccccc3c2/c1=C/C.c1ccc(N2c3ccccc3Nc3ccccc32)cc1. The average Bonchev–Trinajstić information content (AvgIpc) is 3.31. The highest BCUT2D eigenvalue weighted by molar-refractivity contribution is 6.07. The second-order valence-corrected chi connectivity index (χ2v) is 8.85. The van der Waals surface area contributed by atoms with Crippen LogP contribution in [0.3, 0.4) is 0 Å². The van der Waals surface area contributed by atoms with Gasteiger partial charge in [0.1, 0.15) is 0 Å². The highest BCUT2D eigenvalue weighted by atomic mass is 15.2.